The van der Waals surface area contributed by atoms with E-state index in [0.717, 1.165) is 44.1 Å². The third-order valence-electron chi connectivity index (χ3n) is 7.78. The number of aryl methyl sites for hydroxylation is 1. The number of carbonyl (C=O) groups is 1. The molecular formula is C19H24N6O2. The average molecular weight is 368 g/mol. The van der Waals surface area contributed by atoms with Crippen LogP contribution in [0.15, 0.2) is 5.18 Å². The van der Waals surface area contributed by atoms with Gasteiger partial charge in [0.1, 0.15) is 5.82 Å². The summed E-state index contributed by atoms with van der Waals surface area (Å²) in [6, 6.07) is 0. The van der Waals surface area contributed by atoms with Crippen LogP contribution in [0, 0.1) is 16.7 Å². The number of anilines is 2. The number of piperidine rings is 1. The number of nitrogens with two attached hydrogens (primary N) is 1. The fourth-order valence-corrected chi connectivity index (χ4v) is 5.81. The lowest BCUT2D eigenvalue weighted by Gasteiger charge is -2.42. The second kappa shape index (κ2) is 5.04. The summed E-state index contributed by atoms with van der Waals surface area (Å²) >= 11 is 0. The number of carbonyl (C=O) groups excluding carboxylic acids is 1. The smallest absolute Gasteiger partial charge is 0.286 e. The standard InChI is InChI=1S/C19H24N6O2/c20-19-10-24(9-13(19)12(19)8-15(26)23-27)16-11-2-1-3-14(11)21-17(22-16)25-7-6-18(25)4-5-18/h12-13H,1-10,20H2. The van der Waals surface area contributed by atoms with Crippen LogP contribution in [0.1, 0.15) is 43.4 Å². The minimum absolute atomic E-state index is 0.0819. The molecule has 4 fully saturated rings. The van der Waals surface area contributed by atoms with E-state index in [1.807, 2.05) is 0 Å². The lowest BCUT2D eigenvalue weighted by Crippen LogP contribution is -2.51. The molecule has 1 amide bonds. The molecule has 8 heteroatoms. The minimum Gasteiger partial charge on any atom is -0.354 e. The number of amides is 1. The Labute approximate surface area is 157 Å². The Morgan fingerprint density at radius 3 is 2.74 bits per heavy atom. The molecule has 0 radical (unpaired) electrons. The molecular weight excluding hydrogens is 344 g/mol. The van der Waals surface area contributed by atoms with Gasteiger partial charge < -0.3 is 15.5 Å². The van der Waals surface area contributed by atoms with Crippen LogP contribution in [0.2, 0.25) is 0 Å². The van der Waals surface area contributed by atoms with Crippen molar-refractivity contribution in [1.29, 1.82) is 0 Å². The van der Waals surface area contributed by atoms with Crippen LogP contribution < -0.4 is 15.5 Å². The molecule has 3 atom stereocenters. The lowest BCUT2D eigenvalue weighted by molar-refractivity contribution is -0.118. The lowest BCUT2D eigenvalue weighted by atomic mass is 10.0. The average Bonchev–Trinajstić information content (AvgIpc) is 3.43. The number of nitroso groups, excluding NO2 is 1. The fraction of sp³-hybridized carbons (Fsp3) is 0.737. The Morgan fingerprint density at radius 2 is 2.11 bits per heavy atom. The molecule has 5 aliphatic rings. The molecule has 3 unspecified atom stereocenters. The van der Waals surface area contributed by atoms with Crippen molar-refractivity contribution >= 4 is 17.7 Å². The van der Waals surface area contributed by atoms with Gasteiger partial charge >= 0.3 is 0 Å². The van der Waals surface area contributed by atoms with Crippen LogP contribution in [0.5, 0.6) is 0 Å². The number of fused-ring (bicyclic) bond motifs is 2. The summed E-state index contributed by atoms with van der Waals surface area (Å²) in [4.78, 5) is 36.5. The van der Waals surface area contributed by atoms with E-state index in [0.29, 0.717) is 12.1 Å². The van der Waals surface area contributed by atoms with Crippen molar-refractivity contribution in [1.82, 2.24) is 9.97 Å². The Bertz CT molecular complexity index is 868. The third kappa shape index (κ3) is 2.10. The van der Waals surface area contributed by atoms with E-state index >= 15 is 0 Å². The molecule has 0 aromatic carbocycles. The van der Waals surface area contributed by atoms with Gasteiger partial charge in [0.15, 0.2) is 0 Å². The van der Waals surface area contributed by atoms with Crippen LogP contribution in [-0.2, 0) is 17.6 Å². The molecule has 1 aromatic heterocycles. The summed E-state index contributed by atoms with van der Waals surface area (Å²) in [6.45, 7) is 2.56. The van der Waals surface area contributed by atoms with E-state index in [9.17, 15) is 9.70 Å². The molecule has 2 saturated carbocycles. The van der Waals surface area contributed by atoms with Crippen molar-refractivity contribution in [3.63, 3.8) is 0 Å². The highest BCUT2D eigenvalue weighted by Crippen LogP contribution is 2.57. The molecule has 8 nitrogen and oxygen atoms in total. The number of hydrogen-bond donors (Lipinski definition) is 1. The second-order valence-corrected chi connectivity index (χ2v) is 9.15. The van der Waals surface area contributed by atoms with Gasteiger partial charge in [0.05, 0.1) is 5.69 Å². The maximum absolute atomic E-state index is 11.4. The summed E-state index contributed by atoms with van der Waals surface area (Å²) in [5.74, 6) is 1.71. The first-order chi connectivity index (χ1) is 13.0. The topological polar surface area (TPSA) is 105 Å². The number of nitrogens with zero attached hydrogens (tertiary/aromatic N) is 5. The quantitative estimate of drug-likeness (QED) is 0.795. The first kappa shape index (κ1) is 15.9. The van der Waals surface area contributed by atoms with Gasteiger partial charge in [0, 0.05) is 53.8 Å². The van der Waals surface area contributed by atoms with Gasteiger partial charge in [-0.05, 0) is 44.4 Å². The van der Waals surface area contributed by atoms with E-state index in [4.69, 9.17) is 15.7 Å². The SMILES string of the molecule is NC12CN(c3nc(N4CCC45CC5)nc4c3CCC4)CC1C2CC(=O)N=O. The highest BCUT2D eigenvalue weighted by molar-refractivity contribution is 5.78. The van der Waals surface area contributed by atoms with Crippen LogP contribution >= 0.6 is 0 Å². The predicted octanol–water partition coefficient (Wildman–Crippen LogP) is 1.15. The molecule has 1 aromatic rings. The van der Waals surface area contributed by atoms with E-state index in [1.165, 1.54) is 30.5 Å². The third-order valence-corrected chi connectivity index (χ3v) is 7.78. The molecule has 1 spiro atoms. The molecule has 2 saturated heterocycles. The van der Waals surface area contributed by atoms with E-state index in [-0.39, 0.29) is 23.8 Å². The van der Waals surface area contributed by atoms with Gasteiger partial charge in [-0.2, -0.15) is 4.98 Å². The monoisotopic (exact) mass is 368 g/mol. The van der Waals surface area contributed by atoms with Gasteiger partial charge in [0.2, 0.25) is 5.95 Å². The largest absolute Gasteiger partial charge is 0.354 e. The Hall–Kier alpha value is -2.09. The van der Waals surface area contributed by atoms with Gasteiger partial charge in [0.25, 0.3) is 5.91 Å². The van der Waals surface area contributed by atoms with Gasteiger partial charge in [-0.3, -0.25) is 4.79 Å². The normalized spacial score (nSPS) is 34.3. The second-order valence-electron chi connectivity index (χ2n) is 9.15. The first-order valence-electron chi connectivity index (χ1n) is 10.1. The van der Waals surface area contributed by atoms with E-state index in [2.05, 4.69) is 15.0 Å². The minimum atomic E-state index is -0.580. The molecule has 27 heavy (non-hydrogen) atoms. The van der Waals surface area contributed by atoms with Crippen molar-refractivity contribution < 1.29 is 4.79 Å². The zero-order valence-corrected chi connectivity index (χ0v) is 15.4. The summed E-state index contributed by atoms with van der Waals surface area (Å²) in [7, 11) is 0. The van der Waals surface area contributed by atoms with Crippen LogP contribution in [0.3, 0.4) is 0 Å². The van der Waals surface area contributed by atoms with Crippen LogP contribution in [0.25, 0.3) is 0 Å². The van der Waals surface area contributed by atoms with E-state index < -0.39 is 5.91 Å². The molecule has 0 bridgehead atoms. The maximum atomic E-state index is 11.4. The predicted molar refractivity (Wildman–Crippen MR) is 99.5 cm³/mol. The van der Waals surface area contributed by atoms with Gasteiger partial charge in [-0.25, -0.2) is 4.98 Å². The van der Waals surface area contributed by atoms with Gasteiger partial charge in [-0.1, -0.05) is 0 Å². The first-order valence-corrected chi connectivity index (χ1v) is 10.1. The molecule has 2 aliphatic heterocycles. The Balaban J connectivity index is 1.28. The Kier molecular flexibility index (Phi) is 2.97. The van der Waals surface area contributed by atoms with Crippen molar-refractivity contribution in [3.05, 3.63) is 16.2 Å². The zero-order chi connectivity index (χ0) is 18.4. The van der Waals surface area contributed by atoms with Gasteiger partial charge in [-0.15, -0.1) is 4.91 Å². The highest BCUT2D eigenvalue weighted by atomic mass is 16.3. The van der Waals surface area contributed by atoms with Crippen molar-refractivity contribution in [2.75, 3.05) is 29.4 Å². The fourth-order valence-electron chi connectivity index (χ4n) is 5.81. The summed E-state index contributed by atoms with van der Waals surface area (Å²) < 4.78 is 0. The molecule has 3 heterocycles. The number of hydrogen-bond acceptors (Lipinski definition) is 7. The summed E-state index contributed by atoms with van der Waals surface area (Å²) in [5, 5.41) is 2.53. The molecule has 142 valence electrons. The highest BCUT2D eigenvalue weighted by Gasteiger charge is 2.67. The summed E-state index contributed by atoms with van der Waals surface area (Å²) in [5.41, 5.74) is 9.04. The van der Waals surface area contributed by atoms with Crippen molar-refractivity contribution in [2.24, 2.45) is 22.7 Å². The van der Waals surface area contributed by atoms with Crippen LogP contribution in [-0.4, -0.2) is 46.6 Å². The molecule has 3 aliphatic carbocycles. The number of aromatic nitrogens is 2. The summed E-state index contributed by atoms with van der Waals surface area (Å²) in [6.07, 6.45) is 7.18. The Morgan fingerprint density at radius 1 is 1.26 bits per heavy atom. The van der Waals surface area contributed by atoms with E-state index in [1.54, 1.807) is 0 Å². The molecule has 2 N–H and O–H groups in total. The van der Waals surface area contributed by atoms with Crippen LogP contribution in [0.4, 0.5) is 11.8 Å². The van der Waals surface area contributed by atoms with Crippen molar-refractivity contribution in [3.8, 4) is 0 Å². The van der Waals surface area contributed by atoms with Crippen molar-refractivity contribution in [2.45, 2.75) is 56.0 Å². The maximum Gasteiger partial charge on any atom is 0.286 e. The molecule has 6 rings (SSSR count). The zero-order valence-electron chi connectivity index (χ0n) is 15.4. The number of rotatable bonds is 4.